The molecule has 3 rings (SSSR count). The first kappa shape index (κ1) is 10.3. The van der Waals surface area contributed by atoms with Gasteiger partial charge in [0.15, 0.2) is 0 Å². The molecule has 0 bridgehead atoms. The minimum Gasteiger partial charge on any atom is -0.337 e. The summed E-state index contributed by atoms with van der Waals surface area (Å²) < 4.78 is 5.25. The second kappa shape index (κ2) is 4.18. The van der Waals surface area contributed by atoms with Crippen molar-refractivity contribution in [2.24, 2.45) is 5.73 Å². The Morgan fingerprint density at radius 3 is 2.82 bits per heavy atom. The highest BCUT2D eigenvalue weighted by molar-refractivity contribution is 5.54. The standard InChI is InChI=1S/C12H14N4O/c13-10-6-7-16(8-10)12-14-11(17-15-12)9-4-2-1-3-5-9/h1-5,10H,6-8,13H2/t10-/m0/s1. The maximum atomic E-state index is 5.85. The molecule has 0 radical (unpaired) electrons. The molecule has 2 N–H and O–H groups in total. The number of nitrogens with zero attached hydrogens (tertiary/aromatic N) is 3. The van der Waals surface area contributed by atoms with Gasteiger partial charge in [-0.05, 0) is 23.7 Å². The van der Waals surface area contributed by atoms with Gasteiger partial charge in [-0.15, -0.1) is 0 Å². The Labute approximate surface area is 99.2 Å². The number of nitrogens with two attached hydrogens (primary N) is 1. The van der Waals surface area contributed by atoms with Crippen molar-refractivity contribution >= 4 is 5.95 Å². The molecule has 0 unspecified atom stereocenters. The summed E-state index contributed by atoms with van der Waals surface area (Å²) in [4.78, 5) is 6.45. The average molecular weight is 230 g/mol. The van der Waals surface area contributed by atoms with E-state index in [0.29, 0.717) is 11.8 Å². The van der Waals surface area contributed by atoms with E-state index in [9.17, 15) is 0 Å². The lowest BCUT2D eigenvalue weighted by Gasteiger charge is -2.10. The second-order valence-corrected chi connectivity index (χ2v) is 4.26. The fraction of sp³-hybridized carbons (Fsp3) is 0.333. The molecule has 1 aliphatic heterocycles. The zero-order valence-corrected chi connectivity index (χ0v) is 9.41. The van der Waals surface area contributed by atoms with Crippen LogP contribution in [0.5, 0.6) is 0 Å². The molecule has 1 aliphatic rings. The van der Waals surface area contributed by atoms with E-state index in [1.807, 2.05) is 30.3 Å². The predicted octanol–water partition coefficient (Wildman–Crippen LogP) is 1.27. The molecule has 0 spiro atoms. The Kier molecular flexibility index (Phi) is 2.53. The van der Waals surface area contributed by atoms with E-state index < -0.39 is 0 Å². The Balaban J connectivity index is 1.84. The van der Waals surface area contributed by atoms with Crippen LogP contribution in [0.25, 0.3) is 11.5 Å². The quantitative estimate of drug-likeness (QED) is 0.841. The van der Waals surface area contributed by atoms with Crippen LogP contribution in [-0.2, 0) is 0 Å². The van der Waals surface area contributed by atoms with E-state index in [1.165, 1.54) is 0 Å². The van der Waals surface area contributed by atoms with Gasteiger partial charge in [0.05, 0.1) is 0 Å². The minimum absolute atomic E-state index is 0.216. The first-order valence-corrected chi connectivity index (χ1v) is 5.72. The van der Waals surface area contributed by atoms with Crippen molar-refractivity contribution in [1.82, 2.24) is 10.1 Å². The first-order valence-electron chi connectivity index (χ1n) is 5.72. The van der Waals surface area contributed by atoms with E-state index in [0.717, 1.165) is 25.1 Å². The molecule has 17 heavy (non-hydrogen) atoms. The number of anilines is 1. The summed E-state index contributed by atoms with van der Waals surface area (Å²) in [5, 5.41) is 3.99. The van der Waals surface area contributed by atoms with Crippen molar-refractivity contribution in [3.8, 4) is 11.5 Å². The number of rotatable bonds is 2. The second-order valence-electron chi connectivity index (χ2n) is 4.26. The fourth-order valence-electron chi connectivity index (χ4n) is 2.01. The van der Waals surface area contributed by atoms with Crippen molar-refractivity contribution in [1.29, 1.82) is 0 Å². The normalized spacial score (nSPS) is 19.8. The van der Waals surface area contributed by atoms with Gasteiger partial charge >= 0.3 is 0 Å². The summed E-state index contributed by atoms with van der Waals surface area (Å²) in [7, 11) is 0. The molecule has 5 nitrogen and oxygen atoms in total. The molecular formula is C12H14N4O. The van der Waals surface area contributed by atoms with Crippen LogP contribution in [0, 0.1) is 0 Å². The van der Waals surface area contributed by atoms with Gasteiger partial charge in [-0.25, -0.2) is 0 Å². The Hall–Kier alpha value is -1.88. The van der Waals surface area contributed by atoms with Crippen molar-refractivity contribution in [3.05, 3.63) is 30.3 Å². The third kappa shape index (κ3) is 2.01. The molecular weight excluding hydrogens is 216 g/mol. The van der Waals surface area contributed by atoms with Gasteiger partial charge in [-0.1, -0.05) is 18.2 Å². The summed E-state index contributed by atoms with van der Waals surface area (Å²) in [6, 6.07) is 9.98. The maximum absolute atomic E-state index is 5.85. The first-order chi connectivity index (χ1) is 8.33. The van der Waals surface area contributed by atoms with Gasteiger partial charge in [-0.2, -0.15) is 4.98 Å². The number of hydrogen-bond acceptors (Lipinski definition) is 5. The third-order valence-corrected chi connectivity index (χ3v) is 2.94. The van der Waals surface area contributed by atoms with Gasteiger partial charge in [-0.3, -0.25) is 0 Å². The number of aromatic nitrogens is 2. The zero-order chi connectivity index (χ0) is 11.7. The van der Waals surface area contributed by atoms with E-state index in [-0.39, 0.29) is 6.04 Å². The summed E-state index contributed by atoms with van der Waals surface area (Å²) in [5.74, 6) is 1.19. The Morgan fingerprint density at radius 2 is 2.12 bits per heavy atom. The molecule has 2 aromatic rings. The smallest absolute Gasteiger partial charge is 0.266 e. The van der Waals surface area contributed by atoms with Crippen LogP contribution in [0.15, 0.2) is 34.9 Å². The van der Waals surface area contributed by atoms with E-state index in [2.05, 4.69) is 15.0 Å². The molecule has 0 amide bonds. The van der Waals surface area contributed by atoms with Crippen molar-refractivity contribution in [2.45, 2.75) is 12.5 Å². The molecule has 0 aliphatic carbocycles. The molecule has 2 heterocycles. The van der Waals surface area contributed by atoms with Gasteiger partial charge in [0.1, 0.15) is 0 Å². The lowest BCUT2D eigenvalue weighted by molar-refractivity contribution is 0.430. The van der Waals surface area contributed by atoms with Crippen LogP contribution in [0.2, 0.25) is 0 Å². The van der Waals surface area contributed by atoms with Gasteiger partial charge < -0.3 is 15.2 Å². The fourth-order valence-corrected chi connectivity index (χ4v) is 2.01. The van der Waals surface area contributed by atoms with E-state index in [1.54, 1.807) is 0 Å². The van der Waals surface area contributed by atoms with Gasteiger partial charge in [0, 0.05) is 24.7 Å². The number of benzene rings is 1. The van der Waals surface area contributed by atoms with E-state index >= 15 is 0 Å². The van der Waals surface area contributed by atoms with Crippen LogP contribution in [0.1, 0.15) is 6.42 Å². The zero-order valence-electron chi connectivity index (χ0n) is 9.41. The van der Waals surface area contributed by atoms with Crippen molar-refractivity contribution < 1.29 is 4.52 Å². The summed E-state index contributed by atoms with van der Waals surface area (Å²) in [6.45, 7) is 1.70. The van der Waals surface area contributed by atoms with Gasteiger partial charge in [0.2, 0.25) is 0 Å². The van der Waals surface area contributed by atoms with Gasteiger partial charge in [0.25, 0.3) is 11.8 Å². The Morgan fingerprint density at radius 1 is 1.29 bits per heavy atom. The molecule has 1 aromatic heterocycles. The Bertz CT molecular complexity index is 496. The molecule has 0 saturated carbocycles. The van der Waals surface area contributed by atoms with E-state index in [4.69, 9.17) is 10.3 Å². The van der Waals surface area contributed by atoms with Crippen LogP contribution in [0.3, 0.4) is 0 Å². The molecule has 1 saturated heterocycles. The largest absolute Gasteiger partial charge is 0.337 e. The molecule has 5 heteroatoms. The van der Waals surface area contributed by atoms with Crippen molar-refractivity contribution in [3.63, 3.8) is 0 Å². The highest BCUT2D eigenvalue weighted by atomic mass is 16.5. The molecule has 88 valence electrons. The van der Waals surface area contributed by atoms with Crippen LogP contribution in [0.4, 0.5) is 5.95 Å². The molecule has 1 aromatic carbocycles. The number of hydrogen-bond donors (Lipinski definition) is 1. The maximum Gasteiger partial charge on any atom is 0.266 e. The molecule has 1 fully saturated rings. The van der Waals surface area contributed by atoms with Crippen molar-refractivity contribution in [2.75, 3.05) is 18.0 Å². The predicted molar refractivity (Wildman–Crippen MR) is 64.5 cm³/mol. The summed E-state index contributed by atoms with van der Waals surface area (Å²) in [6.07, 6.45) is 0.981. The SMILES string of the molecule is N[C@H]1CCN(c2noc(-c3ccccc3)n2)C1. The third-order valence-electron chi connectivity index (χ3n) is 2.94. The average Bonchev–Trinajstić information content (AvgIpc) is 2.98. The highest BCUT2D eigenvalue weighted by Crippen LogP contribution is 2.21. The highest BCUT2D eigenvalue weighted by Gasteiger charge is 2.23. The topological polar surface area (TPSA) is 68.2 Å². The minimum atomic E-state index is 0.216. The van der Waals surface area contributed by atoms with Crippen LogP contribution >= 0.6 is 0 Å². The summed E-state index contributed by atoms with van der Waals surface area (Å²) >= 11 is 0. The molecule has 1 atom stereocenters. The lowest BCUT2D eigenvalue weighted by atomic mass is 10.2. The lowest BCUT2D eigenvalue weighted by Crippen LogP contribution is -2.26. The van der Waals surface area contributed by atoms with Crippen LogP contribution in [-0.4, -0.2) is 29.3 Å². The monoisotopic (exact) mass is 230 g/mol. The summed E-state index contributed by atoms with van der Waals surface area (Å²) in [5.41, 5.74) is 6.79. The van der Waals surface area contributed by atoms with Crippen LogP contribution < -0.4 is 10.6 Å².